The summed E-state index contributed by atoms with van der Waals surface area (Å²) in [5.74, 6) is 0.899. The number of hydrogen-bond donors (Lipinski definition) is 1. The lowest BCUT2D eigenvalue weighted by Crippen LogP contribution is -2.47. The molecule has 2 fully saturated rings. The summed E-state index contributed by atoms with van der Waals surface area (Å²) in [5, 5.41) is 8.01. The van der Waals surface area contributed by atoms with Crippen LogP contribution in [-0.2, 0) is 0 Å². The van der Waals surface area contributed by atoms with Crippen molar-refractivity contribution in [2.75, 3.05) is 6.54 Å². The van der Waals surface area contributed by atoms with Gasteiger partial charge < -0.3 is 4.90 Å². The van der Waals surface area contributed by atoms with Crippen molar-refractivity contribution in [1.82, 2.24) is 4.90 Å². The van der Waals surface area contributed by atoms with E-state index in [2.05, 4.69) is 18.7 Å². The van der Waals surface area contributed by atoms with Crippen molar-refractivity contribution in [2.24, 2.45) is 5.41 Å². The minimum Gasteiger partial charge on any atom is -0.357 e. The number of nitrogens with zero attached hydrogens (tertiary/aromatic N) is 1. The number of piperidine rings is 1. The first-order valence-electron chi connectivity index (χ1n) is 5.95. The summed E-state index contributed by atoms with van der Waals surface area (Å²) in [6.07, 6.45) is 7.50. The maximum Gasteiger partial charge on any atom is 0.0960 e. The smallest absolute Gasteiger partial charge is 0.0960 e. The molecule has 1 saturated carbocycles. The molecule has 1 N–H and O–H groups in total. The van der Waals surface area contributed by atoms with Gasteiger partial charge in [-0.1, -0.05) is 20.3 Å². The summed E-state index contributed by atoms with van der Waals surface area (Å²) in [6.45, 7) is 5.87. The minimum absolute atomic E-state index is 0.434. The molecule has 14 heavy (non-hydrogen) atoms. The molecule has 0 aromatic heterocycles. The highest BCUT2D eigenvalue weighted by Crippen LogP contribution is 2.41. The molecule has 0 amide bonds. The molecule has 2 rings (SSSR count). The van der Waals surface area contributed by atoms with Crippen molar-refractivity contribution in [3.05, 3.63) is 0 Å². The van der Waals surface area contributed by atoms with Crippen LogP contribution in [0.5, 0.6) is 0 Å². The molecule has 0 aromatic rings. The zero-order valence-corrected chi connectivity index (χ0v) is 9.47. The zero-order valence-electron chi connectivity index (χ0n) is 9.47. The second-order valence-electron chi connectivity index (χ2n) is 5.49. The standard InChI is InChI=1S/C12H22N2/c1-12(2)8-5-6-10(12)14-9-4-3-7-11(14)13/h10,13H,3-9H2,1-2H3. The van der Waals surface area contributed by atoms with Crippen LogP contribution in [-0.4, -0.2) is 23.3 Å². The fourth-order valence-corrected chi connectivity index (χ4v) is 3.08. The van der Waals surface area contributed by atoms with E-state index in [1.807, 2.05) is 0 Å². The van der Waals surface area contributed by atoms with Crippen LogP contribution < -0.4 is 0 Å². The third kappa shape index (κ3) is 1.67. The summed E-state index contributed by atoms with van der Waals surface area (Å²) in [7, 11) is 0. The molecule has 0 aromatic carbocycles. The van der Waals surface area contributed by atoms with Gasteiger partial charge in [0.05, 0.1) is 5.84 Å². The average Bonchev–Trinajstić information content (AvgIpc) is 2.46. The largest absolute Gasteiger partial charge is 0.357 e. The highest BCUT2D eigenvalue weighted by molar-refractivity contribution is 5.80. The van der Waals surface area contributed by atoms with E-state index in [1.54, 1.807) is 0 Å². The molecule has 0 spiro atoms. The zero-order chi connectivity index (χ0) is 10.2. The first-order chi connectivity index (χ1) is 6.61. The maximum absolute atomic E-state index is 8.01. The summed E-state index contributed by atoms with van der Waals surface area (Å²) in [5.41, 5.74) is 0.434. The number of hydrogen-bond acceptors (Lipinski definition) is 1. The molecule has 0 bridgehead atoms. The van der Waals surface area contributed by atoms with Gasteiger partial charge >= 0.3 is 0 Å². The molecule has 2 aliphatic rings. The van der Waals surface area contributed by atoms with Crippen LogP contribution in [0.1, 0.15) is 52.4 Å². The number of amidine groups is 1. The Balaban J connectivity index is 2.09. The van der Waals surface area contributed by atoms with Gasteiger partial charge in [0.1, 0.15) is 0 Å². The molecular weight excluding hydrogens is 172 g/mol. The average molecular weight is 194 g/mol. The Hall–Kier alpha value is -0.530. The van der Waals surface area contributed by atoms with Gasteiger partial charge in [-0.05, 0) is 31.1 Å². The summed E-state index contributed by atoms with van der Waals surface area (Å²) in [4.78, 5) is 2.39. The maximum atomic E-state index is 8.01. The summed E-state index contributed by atoms with van der Waals surface area (Å²) >= 11 is 0. The molecule has 1 aliphatic heterocycles. The van der Waals surface area contributed by atoms with E-state index in [0.717, 1.165) is 18.8 Å². The highest BCUT2D eigenvalue weighted by Gasteiger charge is 2.39. The van der Waals surface area contributed by atoms with Crippen molar-refractivity contribution in [2.45, 2.75) is 58.4 Å². The van der Waals surface area contributed by atoms with Crippen molar-refractivity contribution in [3.8, 4) is 0 Å². The fourth-order valence-electron chi connectivity index (χ4n) is 3.08. The van der Waals surface area contributed by atoms with Gasteiger partial charge in [-0.25, -0.2) is 0 Å². The Bertz CT molecular complexity index is 232. The van der Waals surface area contributed by atoms with Crippen molar-refractivity contribution in [1.29, 1.82) is 5.41 Å². The van der Waals surface area contributed by atoms with Gasteiger partial charge in [0.2, 0.25) is 0 Å². The van der Waals surface area contributed by atoms with Gasteiger partial charge in [0, 0.05) is 19.0 Å². The van der Waals surface area contributed by atoms with Crippen LogP contribution in [0.15, 0.2) is 0 Å². The van der Waals surface area contributed by atoms with Crippen molar-refractivity contribution in [3.63, 3.8) is 0 Å². The van der Waals surface area contributed by atoms with E-state index >= 15 is 0 Å². The van der Waals surface area contributed by atoms with Crippen LogP contribution in [0.25, 0.3) is 0 Å². The van der Waals surface area contributed by atoms with Crippen LogP contribution in [0.4, 0.5) is 0 Å². The Labute approximate surface area is 87.2 Å². The predicted molar refractivity (Wildman–Crippen MR) is 59.7 cm³/mol. The summed E-state index contributed by atoms with van der Waals surface area (Å²) in [6, 6.07) is 0.648. The van der Waals surface area contributed by atoms with Crippen LogP contribution >= 0.6 is 0 Å². The van der Waals surface area contributed by atoms with Crippen LogP contribution in [0, 0.1) is 10.8 Å². The van der Waals surface area contributed by atoms with E-state index in [0.29, 0.717) is 11.5 Å². The Morgan fingerprint density at radius 3 is 2.64 bits per heavy atom. The molecule has 1 atom stereocenters. The van der Waals surface area contributed by atoms with Gasteiger partial charge in [0.15, 0.2) is 0 Å². The quantitative estimate of drug-likeness (QED) is 0.682. The SMILES string of the molecule is CC1(C)CCCC1N1CCCCC1=N. The number of likely N-dealkylation sites (tertiary alicyclic amines) is 1. The molecule has 2 nitrogen and oxygen atoms in total. The summed E-state index contributed by atoms with van der Waals surface area (Å²) < 4.78 is 0. The molecular formula is C12H22N2. The normalized spacial score (nSPS) is 32.3. The van der Waals surface area contributed by atoms with Gasteiger partial charge in [0.25, 0.3) is 0 Å². The highest BCUT2D eigenvalue weighted by atomic mass is 15.2. The van der Waals surface area contributed by atoms with Crippen molar-refractivity contribution < 1.29 is 0 Å². The van der Waals surface area contributed by atoms with Crippen LogP contribution in [0.2, 0.25) is 0 Å². The van der Waals surface area contributed by atoms with Gasteiger partial charge in [-0.3, -0.25) is 5.41 Å². The minimum atomic E-state index is 0.434. The lowest BCUT2D eigenvalue weighted by Gasteiger charge is -2.41. The lowest BCUT2D eigenvalue weighted by molar-refractivity contribution is 0.169. The molecule has 1 saturated heterocycles. The third-order valence-corrected chi connectivity index (χ3v) is 3.99. The topological polar surface area (TPSA) is 27.1 Å². The second kappa shape index (κ2) is 3.56. The first kappa shape index (κ1) is 10.0. The van der Waals surface area contributed by atoms with Gasteiger partial charge in [-0.15, -0.1) is 0 Å². The second-order valence-corrected chi connectivity index (χ2v) is 5.49. The van der Waals surface area contributed by atoms with E-state index in [-0.39, 0.29) is 0 Å². The van der Waals surface area contributed by atoms with E-state index < -0.39 is 0 Å². The van der Waals surface area contributed by atoms with Crippen molar-refractivity contribution >= 4 is 5.84 Å². The molecule has 80 valence electrons. The Kier molecular flexibility index (Phi) is 2.54. The number of nitrogens with one attached hydrogen (secondary N) is 1. The molecule has 1 aliphatic carbocycles. The van der Waals surface area contributed by atoms with Crippen LogP contribution in [0.3, 0.4) is 0 Å². The number of rotatable bonds is 1. The first-order valence-corrected chi connectivity index (χ1v) is 5.95. The molecule has 0 radical (unpaired) electrons. The van der Waals surface area contributed by atoms with E-state index in [9.17, 15) is 0 Å². The molecule has 1 heterocycles. The third-order valence-electron chi connectivity index (χ3n) is 3.99. The monoisotopic (exact) mass is 194 g/mol. The fraction of sp³-hybridized carbons (Fsp3) is 0.917. The predicted octanol–water partition coefficient (Wildman–Crippen LogP) is 3.03. The molecule has 2 heteroatoms. The van der Waals surface area contributed by atoms with Gasteiger partial charge in [-0.2, -0.15) is 0 Å². The van der Waals surface area contributed by atoms with E-state index in [4.69, 9.17) is 5.41 Å². The lowest BCUT2D eigenvalue weighted by atomic mass is 9.85. The Morgan fingerprint density at radius 2 is 2.07 bits per heavy atom. The van der Waals surface area contributed by atoms with E-state index in [1.165, 1.54) is 32.1 Å². The Morgan fingerprint density at radius 1 is 1.29 bits per heavy atom. The molecule has 1 unspecified atom stereocenters.